The summed E-state index contributed by atoms with van der Waals surface area (Å²) >= 11 is 0. The molecule has 0 bridgehead atoms. The van der Waals surface area contributed by atoms with Gasteiger partial charge in [-0.3, -0.25) is 4.79 Å². The van der Waals surface area contributed by atoms with Crippen molar-refractivity contribution in [3.05, 3.63) is 23.3 Å². The molecule has 3 saturated carbocycles. The Balaban J connectivity index is 1.66. The minimum atomic E-state index is -0.271. The fourth-order valence-corrected chi connectivity index (χ4v) is 5.56. The van der Waals surface area contributed by atoms with Crippen molar-refractivity contribution in [3.8, 4) is 0 Å². The number of Topliss-reactive ketones (excluding diaryl/α,β-unsaturated/α-hetero) is 1. The second-order valence-electron chi connectivity index (χ2n) is 7.49. The highest BCUT2D eigenvalue weighted by Crippen LogP contribution is 2.59. The van der Waals surface area contributed by atoms with Crippen LogP contribution < -0.4 is 0 Å². The first-order valence-electron chi connectivity index (χ1n) is 8.22. The van der Waals surface area contributed by atoms with Crippen LogP contribution in [0.3, 0.4) is 0 Å². The van der Waals surface area contributed by atoms with E-state index in [1.807, 2.05) is 0 Å². The number of ketones is 1. The smallest absolute Gasteiger partial charge is 0.139 e. The van der Waals surface area contributed by atoms with Gasteiger partial charge in [-0.05, 0) is 67.4 Å². The van der Waals surface area contributed by atoms with E-state index in [9.17, 15) is 9.90 Å². The van der Waals surface area contributed by atoms with Gasteiger partial charge in [0.05, 0.1) is 6.10 Å². The maximum Gasteiger partial charge on any atom is 0.139 e. The predicted molar refractivity (Wildman–Crippen MR) is 78.1 cm³/mol. The minimum Gasteiger partial charge on any atom is -0.389 e. The number of hydrogen-bond donors (Lipinski definition) is 1. The number of allylic oxidation sites excluding steroid dienone is 2. The molecule has 0 heterocycles. The molecule has 0 radical (unpaired) electrons. The molecule has 0 aromatic heterocycles. The maximum absolute atomic E-state index is 12.3. The highest BCUT2D eigenvalue weighted by Gasteiger charge is 2.55. The zero-order valence-electron chi connectivity index (χ0n) is 12.3. The number of aliphatic hydroxyl groups is 1. The van der Waals surface area contributed by atoms with Crippen molar-refractivity contribution in [2.75, 3.05) is 0 Å². The first kappa shape index (κ1) is 12.8. The number of fused-ring (bicyclic) bond motifs is 5. The van der Waals surface area contributed by atoms with Gasteiger partial charge in [0, 0.05) is 11.8 Å². The second-order valence-corrected chi connectivity index (χ2v) is 7.49. The fourth-order valence-electron chi connectivity index (χ4n) is 5.56. The summed E-state index contributed by atoms with van der Waals surface area (Å²) in [6, 6.07) is 0. The maximum atomic E-state index is 12.3. The van der Waals surface area contributed by atoms with Crippen molar-refractivity contribution in [1.82, 2.24) is 0 Å². The van der Waals surface area contributed by atoms with Gasteiger partial charge in [0.2, 0.25) is 0 Å². The number of aliphatic hydroxyl groups excluding tert-OH is 1. The molecular formula is C18H24O2. The summed E-state index contributed by atoms with van der Waals surface area (Å²) in [4.78, 5) is 12.3. The average Bonchev–Trinajstić information content (AvgIpc) is 2.74. The third-order valence-electron chi connectivity index (χ3n) is 6.64. The molecular weight excluding hydrogens is 248 g/mol. The van der Waals surface area contributed by atoms with Gasteiger partial charge >= 0.3 is 0 Å². The van der Waals surface area contributed by atoms with Crippen molar-refractivity contribution in [1.29, 1.82) is 0 Å². The lowest BCUT2D eigenvalue weighted by Gasteiger charge is -2.49. The van der Waals surface area contributed by atoms with Gasteiger partial charge in [0.15, 0.2) is 0 Å². The van der Waals surface area contributed by atoms with E-state index in [1.165, 1.54) is 24.0 Å². The molecule has 0 aliphatic heterocycles. The van der Waals surface area contributed by atoms with Gasteiger partial charge in [0.1, 0.15) is 5.78 Å². The van der Waals surface area contributed by atoms with Crippen molar-refractivity contribution in [3.63, 3.8) is 0 Å². The van der Waals surface area contributed by atoms with Crippen LogP contribution in [0.1, 0.15) is 51.9 Å². The first-order chi connectivity index (χ1) is 9.59. The lowest BCUT2D eigenvalue weighted by molar-refractivity contribution is -0.129. The summed E-state index contributed by atoms with van der Waals surface area (Å²) in [5.41, 5.74) is 2.91. The molecule has 108 valence electrons. The summed E-state index contributed by atoms with van der Waals surface area (Å²) in [6.45, 7) is 2.23. The number of carbonyl (C=O) groups excluding carboxylic acids is 1. The molecule has 0 aromatic rings. The van der Waals surface area contributed by atoms with E-state index in [0.29, 0.717) is 23.5 Å². The molecule has 4 aliphatic carbocycles. The van der Waals surface area contributed by atoms with Crippen LogP contribution in [0.5, 0.6) is 0 Å². The Labute approximate surface area is 120 Å². The van der Waals surface area contributed by atoms with Crippen molar-refractivity contribution < 1.29 is 9.90 Å². The van der Waals surface area contributed by atoms with E-state index in [-0.39, 0.29) is 11.5 Å². The van der Waals surface area contributed by atoms with Gasteiger partial charge in [0.25, 0.3) is 0 Å². The molecule has 4 aliphatic rings. The quantitative estimate of drug-likeness (QED) is 0.733. The lowest BCUT2D eigenvalue weighted by atomic mass is 9.54. The predicted octanol–water partition coefficient (Wildman–Crippen LogP) is 3.41. The number of rotatable bonds is 0. The second kappa shape index (κ2) is 4.30. The van der Waals surface area contributed by atoms with E-state index in [0.717, 1.165) is 32.1 Å². The SMILES string of the molecule is C[C@]12CC[C@@H]3C4=CCC(O)C=C4CC[C@H]3[C@@H]1CCC2=O. The fraction of sp³-hybridized carbons (Fsp3) is 0.722. The van der Waals surface area contributed by atoms with Crippen molar-refractivity contribution in [2.45, 2.75) is 58.0 Å². The third-order valence-corrected chi connectivity index (χ3v) is 6.64. The summed E-state index contributed by atoms with van der Waals surface area (Å²) in [6.07, 6.45) is 11.4. The van der Waals surface area contributed by atoms with Crippen LogP contribution in [0.2, 0.25) is 0 Å². The molecule has 5 atom stereocenters. The molecule has 1 unspecified atom stereocenters. The van der Waals surface area contributed by atoms with E-state index in [2.05, 4.69) is 19.1 Å². The monoisotopic (exact) mass is 272 g/mol. The molecule has 1 N–H and O–H groups in total. The van der Waals surface area contributed by atoms with Crippen LogP contribution in [-0.4, -0.2) is 17.0 Å². The zero-order valence-corrected chi connectivity index (χ0v) is 12.3. The van der Waals surface area contributed by atoms with E-state index >= 15 is 0 Å². The van der Waals surface area contributed by atoms with Crippen LogP contribution in [0.25, 0.3) is 0 Å². The Kier molecular flexibility index (Phi) is 2.76. The van der Waals surface area contributed by atoms with Crippen LogP contribution in [0.4, 0.5) is 0 Å². The van der Waals surface area contributed by atoms with Gasteiger partial charge in [-0.1, -0.05) is 19.1 Å². The van der Waals surface area contributed by atoms with E-state index in [4.69, 9.17) is 0 Å². The topological polar surface area (TPSA) is 37.3 Å². The normalized spacial score (nSPS) is 47.0. The van der Waals surface area contributed by atoms with Gasteiger partial charge < -0.3 is 5.11 Å². The third kappa shape index (κ3) is 1.64. The Morgan fingerprint density at radius 2 is 2.10 bits per heavy atom. The summed E-state index contributed by atoms with van der Waals surface area (Å²) in [7, 11) is 0. The zero-order chi connectivity index (χ0) is 13.9. The summed E-state index contributed by atoms with van der Waals surface area (Å²) < 4.78 is 0. The molecule has 0 saturated heterocycles. The van der Waals surface area contributed by atoms with E-state index < -0.39 is 0 Å². The Morgan fingerprint density at radius 3 is 2.95 bits per heavy atom. The van der Waals surface area contributed by atoms with Crippen LogP contribution in [0, 0.1) is 23.2 Å². The van der Waals surface area contributed by atoms with E-state index in [1.54, 1.807) is 0 Å². The minimum absolute atomic E-state index is 0.0167. The molecule has 4 rings (SSSR count). The Morgan fingerprint density at radius 1 is 1.25 bits per heavy atom. The van der Waals surface area contributed by atoms with Gasteiger partial charge in [-0.15, -0.1) is 0 Å². The standard InChI is InChI=1S/C18H24O2/c1-18-9-8-14-13-5-3-12(19)10-11(13)2-4-15(14)16(18)6-7-17(18)20/h5,10,12,14-16,19H,2-4,6-9H2,1H3/t12?,14-,15-,16+,18+/m1/s1. The Hall–Kier alpha value is -0.890. The molecule has 0 aromatic carbocycles. The highest BCUT2D eigenvalue weighted by molar-refractivity contribution is 5.87. The highest BCUT2D eigenvalue weighted by atomic mass is 16.3. The van der Waals surface area contributed by atoms with Gasteiger partial charge in [-0.25, -0.2) is 0 Å². The summed E-state index contributed by atoms with van der Waals surface area (Å²) in [5, 5.41) is 9.80. The van der Waals surface area contributed by atoms with Gasteiger partial charge in [-0.2, -0.15) is 0 Å². The van der Waals surface area contributed by atoms with Crippen molar-refractivity contribution in [2.24, 2.45) is 23.2 Å². The molecule has 2 heteroatoms. The molecule has 0 spiro atoms. The number of carbonyl (C=O) groups is 1. The first-order valence-corrected chi connectivity index (χ1v) is 8.22. The van der Waals surface area contributed by atoms with Crippen LogP contribution in [-0.2, 0) is 4.79 Å². The molecule has 0 amide bonds. The van der Waals surface area contributed by atoms with Crippen molar-refractivity contribution >= 4 is 5.78 Å². The van der Waals surface area contributed by atoms with Crippen LogP contribution in [0.15, 0.2) is 23.3 Å². The Bertz CT molecular complexity index is 516. The summed E-state index contributed by atoms with van der Waals surface area (Å²) in [5.74, 6) is 2.50. The lowest BCUT2D eigenvalue weighted by Crippen LogP contribution is -2.44. The number of hydrogen-bond acceptors (Lipinski definition) is 2. The largest absolute Gasteiger partial charge is 0.389 e. The van der Waals surface area contributed by atoms with Crippen LogP contribution >= 0.6 is 0 Å². The average molecular weight is 272 g/mol. The molecule has 3 fully saturated rings. The molecule has 20 heavy (non-hydrogen) atoms. The molecule has 2 nitrogen and oxygen atoms in total.